The molecule has 0 radical (unpaired) electrons. The largest absolute Gasteiger partial charge is 0.389 e. The summed E-state index contributed by atoms with van der Waals surface area (Å²) in [6.45, 7) is 1.96. The molecule has 0 bridgehead atoms. The summed E-state index contributed by atoms with van der Waals surface area (Å²) in [5, 5.41) is 21.4. The smallest absolute Gasteiger partial charge is 0.234 e. The summed E-state index contributed by atoms with van der Waals surface area (Å²) in [6, 6.07) is 0. The first-order valence-corrected chi connectivity index (χ1v) is 4.47. The fraction of sp³-hybridized carbons (Fsp3) is 0.500. The monoisotopic (exact) mass is 184 g/mol. The maximum Gasteiger partial charge on any atom is 0.234 e. The van der Waals surface area contributed by atoms with Gasteiger partial charge in [0, 0.05) is 6.42 Å². The first-order chi connectivity index (χ1) is 5.85. The third-order valence-electron chi connectivity index (χ3n) is 1.55. The van der Waals surface area contributed by atoms with Gasteiger partial charge in [0.05, 0.1) is 6.61 Å². The van der Waals surface area contributed by atoms with E-state index >= 15 is 0 Å². The summed E-state index contributed by atoms with van der Waals surface area (Å²) < 4.78 is 1.68. The molecule has 0 atom stereocenters. The van der Waals surface area contributed by atoms with Crippen LogP contribution in [0.2, 0.25) is 0 Å². The molecule has 2 heterocycles. The summed E-state index contributed by atoms with van der Waals surface area (Å²) in [5.41, 5.74) is 0. The lowest BCUT2D eigenvalue weighted by atomic mass is 10.5. The van der Waals surface area contributed by atoms with Crippen LogP contribution in [0.15, 0.2) is 0 Å². The lowest BCUT2D eigenvalue weighted by Crippen LogP contribution is -1.94. The van der Waals surface area contributed by atoms with E-state index in [1.807, 2.05) is 6.92 Å². The highest BCUT2D eigenvalue weighted by molar-refractivity contribution is 7.16. The van der Waals surface area contributed by atoms with Crippen molar-refractivity contribution in [1.29, 1.82) is 0 Å². The summed E-state index contributed by atoms with van der Waals surface area (Å²) >= 11 is 1.36. The fourth-order valence-electron chi connectivity index (χ4n) is 0.981. The van der Waals surface area contributed by atoms with Gasteiger partial charge in [-0.2, -0.15) is 9.61 Å². The van der Waals surface area contributed by atoms with Crippen LogP contribution in [0.1, 0.15) is 17.8 Å². The number of rotatable bonds is 2. The van der Waals surface area contributed by atoms with E-state index < -0.39 is 0 Å². The number of aliphatic hydroxyl groups excluding tert-OH is 1. The number of aromatic nitrogens is 4. The first kappa shape index (κ1) is 7.63. The minimum atomic E-state index is -0.0306. The molecule has 0 saturated carbocycles. The van der Waals surface area contributed by atoms with E-state index in [-0.39, 0.29) is 6.61 Å². The van der Waals surface area contributed by atoms with Gasteiger partial charge in [-0.05, 0) is 0 Å². The number of nitrogens with zero attached hydrogens (tertiary/aromatic N) is 4. The van der Waals surface area contributed by atoms with Gasteiger partial charge in [-0.25, -0.2) is 0 Å². The maximum atomic E-state index is 8.81. The van der Waals surface area contributed by atoms with Crippen LogP contribution in [0.25, 0.3) is 4.96 Å². The third-order valence-corrected chi connectivity index (χ3v) is 2.43. The first-order valence-electron chi connectivity index (χ1n) is 3.66. The zero-order valence-corrected chi connectivity index (χ0v) is 7.38. The molecule has 6 heteroatoms. The molecular formula is C6H8N4OS. The van der Waals surface area contributed by atoms with Crippen molar-refractivity contribution in [1.82, 2.24) is 19.8 Å². The van der Waals surface area contributed by atoms with Gasteiger partial charge in [0.15, 0.2) is 5.82 Å². The Hall–Kier alpha value is -1.01. The molecule has 0 saturated heterocycles. The van der Waals surface area contributed by atoms with Crippen LogP contribution >= 0.6 is 11.3 Å². The molecule has 0 fully saturated rings. The quantitative estimate of drug-likeness (QED) is 0.726. The third kappa shape index (κ3) is 0.997. The number of aliphatic hydroxyl groups is 1. The van der Waals surface area contributed by atoms with Crippen molar-refractivity contribution in [3.8, 4) is 0 Å². The van der Waals surface area contributed by atoms with Crippen molar-refractivity contribution in [3.05, 3.63) is 10.8 Å². The zero-order chi connectivity index (χ0) is 8.55. The molecule has 0 aromatic carbocycles. The summed E-state index contributed by atoms with van der Waals surface area (Å²) in [4.78, 5) is 0.746. The molecule has 12 heavy (non-hydrogen) atoms. The van der Waals surface area contributed by atoms with E-state index in [0.29, 0.717) is 5.01 Å². The molecule has 2 aromatic rings. The van der Waals surface area contributed by atoms with Crippen molar-refractivity contribution < 1.29 is 5.11 Å². The van der Waals surface area contributed by atoms with Gasteiger partial charge >= 0.3 is 0 Å². The Bertz CT molecular complexity index is 393. The van der Waals surface area contributed by atoms with Gasteiger partial charge in [-0.1, -0.05) is 18.3 Å². The molecule has 0 aliphatic carbocycles. The average Bonchev–Trinajstić information content (AvgIpc) is 2.61. The molecule has 0 aliphatic heterocycles. The van der Waals surface area contributed by atoms with Gasteiger partial charge in [0.2, 0.25) is 4.96 Å². The van der Waals surface area contributed by atoms with Crippen molar-refractivity contribution in [2.24, 2.45) is 0 Å². The minimum absolute atomic E-state index is 0.0306. The normalized spacial score (nSPS) is 11.2. The summed E-state index contributed by atoms with van der Waals surface area (Å²) in [5.74, 6) is 0.834. The predicted molar refractivity (Wildman–Crippen MR) is 44.0 cm³/mol. The Morgan fingerprint density at radius 2 is 2.33 bits per heavy atom. The van der Waals surface area contributed by atoms with Gasteiger partial charge in [-0.3, -0.25) is 0 Å². The Morgan fingerprint density at radius 1 is 1.50 bits per heavy atom. The molecule has 0 amide bonds. The lowest BCUT2D eigenvalue weighted by Gasteiger charge is -1.86. The van der Waals surface area contributed by atoms with Crippen LogP contribution in [0.5, 0.6) is 0 Å². The van der Waals surface area contributed by atoms with Crippen molar-refractivity contribution in [2.45, 2.75) is 20.0 Å². The van der Waals surface area contributed by atoms with Crippen LogP contribution in [0, 0.1) is 0 Å². The van der Waals surface area contributed by atoms with Crippen LogP contribution in [0.3, 0.4) is 0 Å². The van der Waals surface area contributed by atoms with Gasteiger partial charge < -0.3 is 5.11 Å². The minimum Gasteiger partial charge on any atom is -0.389 e. The molecule has 1 N–H and O–H groups in total. The van der Waals surface area contributed by atoms with Crippen LogP contribution in [-0.2, 0) is 13.0 Å². The Labute approximate surface area is 72.7 Å². The highest BCUT2D eigenvalue weighted by Crippen LogP contribution is 2.13. The van der Waals surface area contributed by atoms with E-state index in [1.54, 1.807) is 4.52 Å². The predicted octanol–water partition coefficient (Wildman–Crippen LogP) is 0.240. The number of hydrogen-bond acceptors (Lipinski definition) is 5. The molecule has 0 spiro atoms. The highest BCUT2D eigenvalue weighted by Gasteiger charge is 2.08. The summed E-state index contributed by atoms with van der Waals surface area (Å²) in [7, 11) is 0. The maximum absolute atomic E-state index is 8.81. The van der Waals surface area contributed by atoms with Gasteiger partial charge in [0.25, 0.3) is 0 Å². The molecule has 5 nitrogen and oxygen atoms in total. The van der Waals surface area contributed by atoms with Crippen molar-refractivity contribution in [2.75, 3.05) is 0 Å². The number of fused-ring (bicyclic) bond motifs is 1. The summed E-state index contributed by atoms with van der Waals surface area (Å²) in [6.07, 6.45) is 0.801. The van der Waals surface area contributed by atoms with Crippen molar-refractivity contribution >= 4 is 16.3 Å². The second kappa shape index (κ2) is 2.80. The van der Waals surface area contributed by atoms with E-state index in [9.17, 15) is 0 Å². The highest BCUT2D eigenvalue weighted by atomic mass is 32.1. The van der Waals surface area contributed by atoms with Gasteiger partial charge in [-0.15, -0.1) is 10.2 Å². The van der Waals surface area contributed by atoms with E-state index in [4.69, 9.17) is 5.11 Å². The molecule has 2 rings (SSSR count). The molecule has 64 valence electrons. The fourth-order valence-corrected chi connectivity index (χ4v) is 1.69. The number of aryl methyl sites for hydroxylation is 1. The molecule has 0 aliphatic rings. The van der Waals surface area contributed by atoms with Crippen LogP contribution < -0.4 is 0 Å². The zero-order valence-electron chi connectivity index (χ0n) is 6.56. The van der Waals surface area contributed by atoms with Crippen molar-refractivity contribution in [3.63, 3.8) is 0 Å². The molecule has 2 aromatic heterocycles. The Kier molecular flexibility index (Phi) is 1.78. The standard InChI is InChI=1S/C6H8N4OS/c1-2-4-7-8-6-10(4)9-5(3-11)12-6/h11H,2-3H2,1H3. The second-order valence-electron chi connectivity index (χ2n) is 2.32. The molecule has 0 unspecified atom stereocenters. The van der Waals surface area contributed by atoms with Gasteiger partial charge in [0.1, 0.15) is 5.01 Å². The Balaban J connectivity index is 2.60. The number of hydrogen-bond donors (Lipinski definition) is 1. The Morgan fingerprint density at radius 3 is 3.00 bits per heavy atom. The second-order valence-corrected chi connectivity index (χ2v) is 3.36. The topological polar surface area (TPSA) is 63.3 Å². The van der Waals surface area contributed by atoms with E-state index in [1.165, 1.54) is 11.3 Å². The lowest BCUT2D eigenvalue weighted by molar-refractivity contribution is 0.279. The van der Waals surface area contributed by atoms with Crippen LogP contribution in [0.4, 0.5) is 0 Å². The molecular weight excluding hydrogens is 176 g/mol. The van der Waals surface area contributed by atoms with E-state index in [0.717, 1.165) is 17.2 Å². The van der Waals surface area contributed by atoms with Crippen LogP contribution in [-0.4, -0.2) is 24.9 Å². The van der Waals surface area contributed by atoms with E-state index in [2.05, 4.69) is 15.3 Å². The average molecular weight is 184 g/mol. The SMILES string of the molecule is CCc1nnc2sc(CO)nn12.